The number of morpholine rings is 1. The van der Waals surface area contributed by atoms with Gasteiger partial charge >= 0.3 is 0 Å². The molecule has 9 heteroatoms. The third kappa shape index (κ3) is 5.00. The molecule has 1 heterocycles. The summed E-state index contributed by atoms with van der Waals surface area (Å²) < 4.78 is 24.4. The average Bonchev–Trinajstić information content (AvgIpc) is 2.74. The van der Waals surface area contributed by atoms with Gasteiger partial charge in [0.05, 0.1) is 35.9 Å². The fraction of sp³-hybridized carbons (Fsp3) is 0.350. The Morgan fingerprint density at radius 2 is 2.00 bits per heavy atom. The largest absolute Gasteiger partial charge is 0.489 e. The molecule has 0 bridgehead atoms. The summed E-state index contributed by atoms with van der Waals surface area (Å²) in [6, 6.07) is 10.3. The Balaban J connectivity index is 1.74. The van der Waals surface area contributed by atoms with Crippen molar-refractivity contribution in [2.75, 3.05) is 51.4 Å². The molecule has 8 nitrogen and oxygen atoms in total. The molecule has 1 fully saturated rings. The van der Waals surface area contributed by atoms with Crippen LogP contribution in [0.4, 0.5) is 15.8 Å². The molecule has 0 atom stereocenters. The lowest BCUT2D eigenvalue weighted by Crippen LogP contribution is -2.38. The van der Waals surface area contributed by atoms with Crippen molar-refractivity contribution in [3.63, 3.8) is 0 Å². The molecule has 0 radical (unpaired) electrons. The lowest BCUT2D eigenvalue weighted by atomic mass is 10.1. The van der Waals surface area contributed by atoms with E-state index in [0.29, 0.717) is 32.0 Å². The minimum atomic E-state index is -0.527. The van der Waals surface area contributed by atoms with Gasteiger partial charge in [0, 0.05) is 32.3 Å². The number of ether oxygens (including phenoxy) is 2. The Bertz CT molecular complexity index is 886. The number of para-hydroxylation sites is 1. The number of non-ortho nitro benzene ring substituents is 1. The van der Waals surface area contributed by atoms with Gasteiger partial charge in [-0.2, -0.15) is 0 Å². The number of rotatable bonds is 7. The van der Waals surface area contributed by atoms with E-state index >= 15 is 0 Å². The first kappa shape index (κ1) is 20.5. The summed E-state index contributed by atoms with van der Waals surface area (Å²) in [6.07, 6.45) is 0. The average molecular weight is 403 g/mol. The summed E-state index contributed by atoms with van der Waals surface area (Å²) in [5, 5.41) is 11.2. The molecule has 1 saturated heterocycles. The predicted molar refractivity (Wildman–Crippen MR) is 105 cm³/mol. The molecule has 1 aliphatic rings. The minimum Gasteiger partial charge on any atom is -0.489 e. The molecule has 154 valence electrons. The Morgan fingerprint density at radius 1 is 1.28 bits per heavy atom. The van der Waals surface area contributed by atoms with Gasteiger partial charge in [-0.3, -0.25) is 14.9 Å². The van der Waals surface area contributed by atoms with Crippen molar-refractivity contribution >= 4 is 17.3 Å². The number of carbonyl (C=O) groups is 1. The third-order valence-corrected chi connectivity index (χ3v) is 4.64. The molecule has 0 N–H and O–H groups in total. The molecule has 0 saturated carbocycles. The van der Waals surface area contributed by atoms with Crippen molar-refractivity contribution in [2.24, 2.45) is 0 Å². The van der Waals surface area contributed by atoms with Gasteiger partial charge in [0.25, 0.3) is 11.6 Å². The van der Waals surface area contributed by atoms with E-state index in [4.69, 9.17) is 9.47 Å². The molecule has 0 aliphatic carbocycles. The van der Waals surface area contributed by atoms with E-state index in [1.165, 1.54) is 29.2 Å². The van der Waals surface area contributed by atoms with Gasteiger partial charge in [-0.05, 0) is 18.2 Å². The number of likely N-dealkylation sites (N-methyl/N-ethyl adjacent to an activating group) is 1. The number of benzene rings is 2. The molecule has 1 amide bonds. The SMILES string of the molecule is CN(CCOc1ccccc1F)C(=O)c1cc([N+](=O)[O-])ccc1N1CCOCC1. The van der Waals surface area contributed by atoms with Crippen molar-refractivity contribution in [2.45, 2.75) is 0 Å². The van der Waals surface area contributed by atoms with Crippen LogP contribution in [-0.4, -0.2) is 62.2 Å². The highest BCUT2D eigenvalue weighted by molar-refractivity contribution is 6.00. The van der Waals surface area contributed by atoms with Gasteiger partial charge in [-0.15, -0.1) is 0 Å². The Labute approximate surface area is 167 Å². The maximum Gasteiger partial charge on any atom is 0.270 e. The summed E-state index contributed by atoms with van der Waals surface area (Å²) in [5.74, 6) is -0.736. The fourth-order valence-electron chi connectivity index (χ4n) is 3.05. The predicted octanol–water partition coefficient (Wildman–Crippen LogP) is 2.72. The number of amides is 1. The fourth-order valence-corrected chi connectivity index (χ4v) is 3.05. The summed E-state index contributed by atoms with van der Waals surface area (Å²) in [7, 11) is 1.58. The van der Waals surface area contributed by atoms with Crippen LogP contribution in [0.25, 0.3) is 0 Å². The highest BCUT2D eigenvalue weighted by atomic mass is 19.1. The maximum absolute atomic E-state index is 13.6. The number of halogens is 1. The topological polar surface area (TPSA) is 85.1 Å². The van der Waals surface area contributed by atoms with Crippen molar-refractivity contribution in [3.8, 4) is 5.75 Å². The zero-order valence-corrected chi connectivity index (χ0v) is 16.0. The molecule has 2 aromatic rings. The first-order valence-electron chi connectivity index (χ1n) is 9.21. The first-order valence-corrected chi connectivity index (χ1v) is 9.21. The quantitative estimate of drug-likeness (QED) is 0.522. The van der Waals surface area contributed by atoms with Gasteiger partial charge in [0.1, 0.15) is 6.61 Å². The van der Waals surface area contributed by atoms with E-state index in [1.807, 2.05) is 4.90 Å². The first-order chi connectivity index (χ1) is 14.0. The Hall–Kier alpha value is -3.20. The van der Waals surface area contributed by atoms with Crippen molar-refractivity contribution in [1.82, 2.24) is 4.90 Å². The number of carbonyl (C=O) groups excluding carboxylic acids is 1. The van der Waals surface area contributed by atoms with Gasteiger partial charge in [0.2, 0.25) is 0 Å². The van der Waals surface area contributed by atoms with Crippen LogP contribution in [0, 0.1) is 15.9 Å². The normalized spacial score (nSPS) is 13.8. The number of anilines is 1. The third-order valence-electron chi connectivity index (χ3n) is 4.64. The lowest BCUT2D eigenvalue weighted by Gasteiger charge is -2.31. The van der Waals surface area contributed by atoms with E-state index in [2.05, 4.69) is 0 Å². The Kier molecular flexibility index (Phi) is 6.61. The molecule has 1 aliphatic heterocycles. The molecule has 0 aromatic heterocycles. The second kappa shape index (κ2) is 9.33. The van der Waals surface area contributed by atoms with Crippen LogP contribution in [0.15, 0.2) is 42.5 Å². The zero-order valence-electron chi connectivity index (χ0n) is 16.0. The second-order valence-corrected chi connectivity index (χ2v) is 6.56. The van der Waals surface area contributed by atoms with Crippen molar-refractivity contribution < 1.29 is 23.6 Å². The molecule has 3 rings (SSSR count). The van der Waals surface area contributed by atoms with E-state index < -0.39 is 10.7 Å². The molecular weight excluding hydrogens is 381 g/mol. The van der Waals surface area contributed by atoms with Crippen LogP contribution >= 0.6 is 0 Å². The number of hydrogen-bond acceptors (Lipinski definition) is 6. The summed E-state index contributed by atoms with van der Waals surface area (Å²) >= 11 is 0. The van der Waals surface area contributed by atoms with E-state index in [1.54, 1.807) is 25.2 Å². The van der Waals surface area contributed by atoms with Crippen LogP contribution in [-0.2, 0) is 4.74 Å². The molecule has 0 unspecified atom stereocenters. The van der Waals surface area contributed by atoms with Crippen molar-refractivity contribution in [3.05, 3.63) is 64.0 Å². The highest BCUT2D eigenvalue weighted by Gasteiger charge is 2.24. The summed E-state index contributed by atoms with van der Waals surface area (Å²) in [4.78, 5) is 27.0. The minimum absolute atomic E-state index is 0.0883. The number of nitro benzene ring substituents is 1. The summed E-state index contributed by atoms with van der Waals surface area (Å²) in [6.45, 7) is 2.52. The van der Waals surface area contributed by atoms with Crippen LogP contribution in [0.5, 0.6) is 5.75 Å². The second-order valence-electron chi connectivity index (χ2n) is 6.56. The molecular formula is C20H22FN3O5. The zero-order chi connectivity index (χ0) is 20.8. The lowest BCUT2D eigenvalue weighted by molar-refractivity contribution is -0.384. The standard InChI is InChI=1S/C20H22FN3O5/c1-22(8-13-29-19-5-3-2-4-17(19)21)20(25)16-14-15(24(26)27)6-7-18(16)23-9-11-28-12-10-23/h2-7,14H,8-13H2,1H3. The van der Waals surface area contributed by atoms with E-state index in [0.717, 1.165) is 0 Å². The highest BCUT2D eigenvalue weighted by Crippen LogP contribution is 2.27. The van der Waals surface area contributed by atoms with Gasteiger partial charge < -0.3 is 19.3 Å². The summed E-state index contributed by atoms with van der Waals surface area (Å²) in [5.41, 5.74) is 0.724. The number of hydrogen-bond donors (Lipinski definition) is 0. The number of nitrogens with zero attached hydrogens (tertiary/aromatic N) is 3. The van der Waals surface area contributed by atoms with Gasteiger partial charge in [-0.25, -0.2) is 4.39 Å². The monoisotopic (exact) mass is 403 g/mol. The van der Waals surface area contributed by atoms with E-state index in [-0.39, 0.29) is 36.1 Å². The van der Waals surface area contributed by atoms with Crippen LogP contribution in [0.3, 0.4) is 0 Å². The molecule has 29 heavy (non-hydrogen) atoms. The van der Waals surface area contributed by atoms with Crippen LogP contribution in [0.1, 0.15) is 10.4 Å². The van der Waals surface area contributed by atoms with Gasteiger partial charge in [-0.1, -0.05) is 12.1 Å². The molecule has 2 aromatic carbocycles. The maximum atomic E-state index is 13.6. The smallest absolute Gasteiger partial charge is 0.270 e. The molecule has 0 spiro atoms. The van der Waals surface area contributed by atoms with E-state index in [9.17, 15) is 19.3 Å². The Morgan fingerprint density at radius 3 is 2.69 bits per heavy atom. The van der Waals surface area contributed by atoms with Gasteiger partial charge in [0.15, 0.2) is 11.6 Å². The van der Waals surface area contributed by atoms with Crippen molar-refractivity contribution in [1.29, 1.82) is 0 Å². The number of nitro groups is 1. The van der Waals surface area contributed by atoms with Crippen LogP contribution in [0.2, 0.25) is 0 Å². The van der Waals surface area contributed by atoms with Crippen LogP contribution < -0.4 is 9.64 Å².